The highest BCUT2D eigenvalue weighted by atomic mass is 16.6. The van der Waals surface area contributed by atoms with Gasteiger partial charge in [-0.25, -0.2) is 0 Å². The van der Waals surface area contributed by atoms with Crippen LogP contribution in [0.4, 0.5) is 11.4 Å². The Kier molecular flexibility index (Phi) is 3.87. The first-order valence-corrected chi connectivity index (χ1v) is 5.32. The van der Waals surface area contributed by atoms with Crippen molar-refractivity contribution in [1.82, 2.24) is 5.32 Å². The van der Waals surface area contributed by atoms with E-state index in [-0.39, 0.29) is 23.5 Å². The summed E-state index contributed by atoms with van der Waals surface area (Å²) < 4.78 is 0. The van der Waals surface area contributed by atoms with Crippen LogP contribution < -0.4 is 16.8 Å². The molecule has 1 amide bonds. The van der Waals surface area contributed by atoms with Gasteiger partial charge in [0.2, 0.25) is 0 Å². The summed E-state index contributed by atoms with van der Waals surface area (Å²) >= 11 is 0. The summed E-state index contributed by atoms with van der Waals surface area (Å²) in [6, 6.07) is 4.09. The van der Waals surface area contributed by atoms with Crippen LogP contribution in [-0.2, 0) is 0 Å². The fourth-order valence-electron chi connectivity index (χ4n) is 1.31. The third kappa shape index (κ3) is 3.42. The molecular formula is C11H16N4O3. The average molecular weight is 252 g/mol. The number of nitrogens with one attached hydrogen (secondary N) is 1. The highest BCUT2D eigenvalue weighted by Crippen LogP contribution is 2.24. The van der Waals surface area contributed by atoms with Crippen molar-refractivity contribution in [3.63, 3.8) is 0 Å². The van der Waals surface area contributed by atoms with E-state index in [0.29, 0.717) is 0 Å². The minimum Gasteiger partial charge on any atom is -0.393 e. The van der Waals surface area contributed by atoms with Crippen LogP contribution in [-0.4, -0.2) is 22.9 Å². The maximum atomic E-state index is 11.8. The monoisotopic (exact) mass is 252 g/mol. The molecule has 18 heavy (non-hydrogen) atoms. The second-order valence-electron chi connectivity index (χ2n) is 4.67. The quantitative estimate of drug-likeness (QED) is 0.412. The number of nitrogen functional groups attached to an aromatic ring is 1. The molecule has 0 saturated carbocycles. The second-order valence-corrected chi connectivity index (χ2v) is 4.67. The van der Waals surface area contributed by atoms with Crippen LogP contribution >= 0.6 is 0 Å². The van der Waals surface area contributed by atoms with Crippen LogP contribution in [0.2, 0.25) is 0 Å². The summed E-state index contributed by atoms with van der Waals surface area (Å²) in [5, 5.41) is 13.3. The van der Waals surface area contributed by atoms with Gasteiger partial charge in [0.25, 0.3) is 11.6 Å². The smallest absolute Gasteiger partial charge is 0.292 e. The Morgan fingerprint density at radius 1 is 1.50 bits per heavy atom. The SMILES string of the molecule is CC(C)(N)CNC(=O)c1cccc([N+](=O)[O-])c1N. The molecular weight excluding hydrogens is 236 g/mol. The predicted octanol–water partition coefficient (Wildman–Crippen LogP) is 0.644. The summed E-state index contributed by atoms with van der Waals surface area (Å²) in [6.45, 7) is 3.75. The van der Waals surface area contributed by atoms with Crippen LogP contribution in [0, 0.1) is 10.1 Å². The van der Waals surface area contributed by atoms with E-state index in [9.17, 15) is 14.9 Å². The number of nitrogens with two attached hydrogens (primary N) is 2. The topological polar surface area (TPSA) is 124 Å². The van der Waals surface area contributed by atoms with E-state index in [4.69, 9.17) is 11.5 Å². The zero-order chi connectivity index (χ0) is 13.9. The molecule has 5 N–H and O–H groups in total. The number of carbonyl (C=O) groups is 1. The standard InChI is InChI=1S/C11H16N4O3/c1-11(2,13)6-14-10(16)7-4-3-5-8(9(7)12)15(17)18/h3-5H,6,12-13H2,1-2H3,(H,14,16). The Balaban J connectivity index is 2.93. The van der Waals surface area contributed by atoms with Crippen LogP contribution in [0.1, 0.15) is 24.2 Å². The Morgan fingerprint density at radius 3 is 2.61 bits per heavy atom. The molecule has 98 valence electrons. The highest BCUT2D eigenvalue weighted by molar-refractivity contribution is 6.01. The molecule has 0 aliphatic heterocycles. The van der Waals surface area contributed by atoms with Gasteiger partial charge in [-0.2, -0.15) is 0 Å². The molecule has 0 saturated heterocycles. The third-order valence-electron chi connectivity index (χ3n) is 2.23. The van der Waals surface area contributed by atoms with Crippen molar-refractivity contribution in [3.8, 4) is 0 Å². The number of rotatable bonds is 4. The van der Waals surface area contributed by atoms with Crippen LogP contribution in [0.15, 0.2) is 18.2 Å². The van der Waals surface area contributed by atoms with E-state index in [1.807, 2.05) is 0 Å². The van der Waals surface area contributed by atoms with E-state index in [1.54, 1.807) is 13.8 Å². The van der Waals surface area contributed by atoms with Crippen molar-refractivity contribution in [2.45, 2.75) is 19.4 Å². The number of carbonyl (C=O) groups excluding carboxylic acids is 1. The Morgan fingerprint density at radius 2 is 2.11 bits per heavy atom. The lowest BCUT2D eigenvalue weighted by Gasteiger charge is -2.19. The number of para-hydroxylation sites is 1. The van der Waals surface area contributed by atoms with Gasteiger partial charge in [-0.3, -0.25) is 14.9 Å². The molecule has 0 atom stereocenters. The van der Waals surface area contributed by atoms with E-state index >= 15 is 0 Å². The van der Waals surface area contributed by atoms with E-state index in [1.165, 1.54) is 18.2 Å². The van der Waals surface area contributed by atoms with Gasteiger partial charge < -0.3 is 16.8 Å². The number of nitro benzene ring substituents is 1. The molecule has 0 aromatic heterocycles. The van der Waals surface area contributed by atoms with Gasteiger partial charge >= 0.3 is 0 Å². The van der Waals surface area contributed by atoms with Crippen LogP contribution in [0.5, 0.6) is 0 Å². The number of amides is 1. The fourth-order valence-corrected chi connectivity index (χ4v) is 1.31. The van der Waals surface area contributed by atoms with E-state index < -0.39 is 16.4 Å². The molecule has 7 heteroatoms. The van der Waals surface area contributed by atoms with E-state index in [2.05, 4.69) is 5.32 Å². The molecule has 0 aliphatic carbocycles. The molecule has 0 heterocycles. The number of nitro groups is 1. The van der Waals surface area contributed by atoms with Crippen LogP contribution in [0.25, 0.3) is 0 Å². The highest BCUT2D eigenvalue weighted by Gasteiger charge is 2.20. The summed E-state index contributed by atoms with van der Waals surface area (Å²) in [5.74, 6) is -0.477. The molecule has 1 rings (SSSR count). The minimum absolute atomic E-state index is 0.0773. The maximum absolute atomic E-state index is 11.8. The molecule has 0 aliphatic rings. The molecule has 0 bridgehead atoms. The summed E-state index contributed by atoms with van der Waals surface area (Å²) in [4.78, 5) is 21.9. The Labute approximate surface area is 104 Å². The number of anilines is 1. The number of nitrogens with zero attached hydrogens (tertiary/aromatic N) is 1. The molecule has 0 unspecified atom stereocenters. The van der Waals surface area contributed by atoms with Gasteiger partial charge in [0.05, 0.1) is 10.5 Å². The predicted molar refractivity (Wildman–Crippen MR) is 68.1 cm³/mol. The normalized spacial score (nSPS) is 11.1. The van der Waals surface area contributed by atoms with Crippen LogP contribution in [0.3, 0.4) is 0 Å². The van der Waals surface area contributed by atoms with Gasteiger partial charge in [0.1, 0.15) is 5.69 Å². The molecule has 7 nitrogen and oxygen atoms in total. The largest absolute Gasteiger partial charge is 0.393 e. The number of benzene rings is 1. The maximum Gasteiger partial charge on any atom is 0.292 e. The van der Waals surface area contributed by atoms with Crippen molar-refractivity contribution >= 4 is 17.3 Å². The van der Waals surface area contributed by atoms with Gasteiger partial charge in [-0.15, -0.1) is 0 Å². The van der Waals surface area contributed by atoms with Crippen molar-refractivity contribution in [2.24, 2.45) is 5.73 Å². The molecule has 1 aromatic rings. The van der Waals surface area contributed by atoms with Gasteiger partial charge in [0.15, 0.2) is 0 Å². The fraction of sp³-hybridized carbons (Fsp3) is 0.364. The van der Waals surface area contributed by atoms with E-state index in [0.717, 1.165) is 0 Å². The number of hydrogen-bond acceptors (Lipinski definition) is 5. The molecule has 0 spiro atoms. The zero-order valence-electron chi connectivity index (χ0n) is 10.3. The lowest BCUT2D eigenvalue weighted by molar-refractivity contribution is -0.383. The van der Waals surface area contributed by atoms with Gasteiger partial charge in [-0.05, 0) is 19.9 Å². The first-order valence-electron chi connectivity index (χ1n) is 5.32. The van der Waals surface area contributed by atoms with Crippen molar-refractivity contribution in [1.29, 1.82) is 0 Å². The minimum atomic E-state index is -0.626. The molecule has 0 radical (unpaired) electrons. The van der Waals surface area contributed by atoms with Crippen molar-refractivity contribution in [3.05, 3.63) is 33.9 Å². The third-order valence-corrected chi connectivity index (χ3v) is 2.23. The molecule has 1 aromatic carbocycles. The number of hydrogen-bond donors (Lipinski definition) is 3. The summed E-state index contributed by atoms with van der Waals surface area (Å²) in [6.07, 6.45) is 0. The average Bonchev–Trinajstić information content (AvgIpc) is 2.24. The Bertz CT molecular complexity index is 480. The van der Waals surface area contributed by atoms with Gasteiger partial charge in [0, 0.05) is 18.2 Å². The first kappa shape index (κ1) is 13.9. The van der Waals surface area contributed by atoms with Gasteiger partial charge in [-0.1, -0.05) is 6.07 Å². The first-order chi connectivity index (χ1) is 8.22. The lowest BCUT2D eigenvalue weighted by Crippen LogP contribution is -2.45. The summed E-state index contributed by atoms with van der Waals surface area (Å²) in [7, 11) is 0. The van der Waals surface area contributed by atoms with Crippen molar-refractivity contribution in [2.75, 3.05) is 12.3 Å². The summed E-state index contributed by atoms with van der Waals surface area (Å²) in [5.41, 5.74) is 10.4. The second kappa shape index (κ2) is 5.01. The molecule has 0 fully saturated rings. The van der Waals surface area contributed by atoms with Crippen molar-refractivity contribution < 1.29 is 9.72 Å². The zero-order valence-corrected chi connectivity index (χ0v) is 10.3. The lowest BCUT2D eigenvalue weighted by atomic mass is 10.1. The Hall–Kier alpha value is -2.15.